The SMILES string of the molecule is CC1CCCC(C)C12NC(=O)N(CN(C)Cc1ccc(F)cc1F)C2=O. The molecule has 7 heteroatoms. The highest BCUT2D eigenvalue weighted by Gasteiger charge is 2.58. The summed E-state index contributed by atoms with van der Waals surface area (Å²) in [6.07, 6.45) is 2.86. The Morgan fingerprint density at radius 1 is 1.23 bits per heavy atom. The topological polar surface area (TPSA) is 52.7 Å². The summed E-state index contributed by atoms with van der Waals surface area (Å²) in [7, 11) is 1.70. The van der Waals surface area contributed by atoms with E-state index in [1.54, 1.807) is 11.9 Å². The zero-order valence-corrected chi connectivity index (χ0v) is 15.4. The fourth-order valence-electron chi connectivity index (χ4n) is 4.31. The fourth-order valence-corrected chi connectivity index (χ4v) is 4.31. The van der Waals surface area contributed by atoms with Crippen molar-refractivity contribution in [2.24, 2.45) is 11.8 Å². The molecule has 2 unspecified atom stereocenters. The number of rotatable bonds is 4. The van der Waals surface area contributed by atoms with Crippen molar-refractivity contribution in [1.29, 1.82) is 0 Å². The first-order chi connectivity index (χ1) is 12.3. The van der Waals surface area contributed by atoms with Gasteiger partial charge in [0.25, 0.3) is 5.91 Å². The number of nitrogens with one attached hydrogen (secondary N) is 1. The number of amides is 3. The van der Waals surface area contributed by atoms with Crippen molar-refractivity contribution in [1.82, 2.24) is 15.1 Å². The summed E-state index contributed by atoms with van der Waals surface area (Å²) in [5.74, 6) is -1.32. The summed E-state index contributed by atoms with van der Waals surface area (Å²) >= 11 is 0. The maximum Gasteiger partial charge on any atom is 0.326 e. The molecule has 0 bridgehead atoms. The van der Waals surface area contributed by atoms with Crippen molar-refractivity contribution in [3.63, 3.8) is 0 Å². The standard InChI is InChI=1S/C19H25F2N3O2/c1-12-5-4-6-13(2)19(12)17(25)24(18(26)22-19)11-23(3)10-14-7-8-15(20)9-16(14)21/h7-9,12-13H,4-6,10-11H2,1-3H3,(H,22,26). The quantitative estimate of drug-likeness (QED) is 0.835. The number of hydrogen-bond donors (Lipinski definition) is 1. The van der Waals surface area contributed by atoms with Crippen LogP contribution in [0.2, 0.25) is 0 Å². The molecule has 26 heavy (non-hydrogen) atoms. The highest BCUT2D eigenvalue weighted by Crippen LogP contribution is 2.42. The van der Waals surface area contributed by atoms with E-state index in [2.05, 4.69) is 5.32 Å². The van der Waals surface area contributed by atoms with Gasteiger partial charge >= 0.3 is 6.03 Å². The lowest BCUT2D eigenvalue weighted by Gasteiger charge is -2.42. The van der Waals surface area contributed by atoms with Crippen LogP contribution in [0.1, 0.15) is 38.7 Å². The lowest BCUT2D eigenvalue weighted by atomic mass is 9.67. The van der Waals surface area contributed by atoms with Crippen LogP contribution < -0.4 is 5.32 Å². The van der Waals surface area contributed by atoms with Crippen molar-refractivity contribution in [2.45, 2.75) is 45.2 Å². The smallest absolute Gasteiger partial charge is 0.323 e. The molecular weight excluding hydrogens is 340 g/mol. The molecule has 1 aliphatic heterocycles. The van der Waals surface area contributed by atoms with Gasteiger partial charge in [-0.2, -0.15) is 0 Å². The van der Waals surface area contributed by atoms with Crippen LogP contribution in [0.3, 0.4) is 0 Å². The second-order valence-corrected chi connectivity index (χ2v) is 7.66. The van der Waals surface area contributed by atoms with Gasteiger partial charge in [0.15, 0.2) is 0 Å². The molecule has 1 saturated carbocycles. The summed E-state index contributed by atoms with van der Waals surface area (Å²) in [6.45, 7) is 4.24. The summed E-state index contributed by atoms with van der Waals surface area (Å²) in [4.78, 5) is 28.5. The minimum absolute atomic E-state index is 0.0582. The molecule has 5 nitrogen and oxygen atoms in total. The largest absolute Gasteiger partial charge is 0.326 e. The van der Waals surface area contributed by atoms with Gasteiger partial charge in [-0.25, -0.2) is 18.5 Å². The Balaban J connectivity index is 1.73. The summed E-state index contributed by atoms with van der Waals surface area (Å²) < 4.78 is 26.9. The number of nitrogens with zero attached hydrogens (tertiary/aromatic N) is 2. The van der Waals surface area contributed by atoms with Crippen LogP contribution in [-0.2, 0) is 11.3 Å². The molecular formula is C19H25F2N3O2. The van der Waals surface area contributed by atoms with Crippen LogP contribution in [0.5, 0.6) is 0 Å². The number of benzene rings is 1. The highest BCUT2D eigenvalue weighted by molar-refractivity contribution is 6.07. The second kappa shape index (κ2) is 6.95. The van der Waals surface area contributed by atoms with E-state index in [4.69, 9.17) is 0 Å². The zero-order chi connectivity index (χ0) is 19.1. The van der Waals surface area contributed by atoms with E-state index in [0.29, 0.717) is 5.56 Å². The maximum absolute atomic E-state index is 13.8. The lowest BCUT2D eigenvalue weighted by Crippen LogP contribution is -2.59. The van der Waals surface area contributed by atoms with Crippen molar-refractivity contribution in [2.75, 3.05) is 13.7 Å². The van der Waals surface area contributed by atoms with E-state index < -0.39 is 23.2 Å². The van der Waals surface area contributed by atoms with Crippen molar-refractivity contribution >= 4 is 11.9 Å². The van der Waals surface area contributed by atoms with Crippen molar-refractivity contribution < 1.29 is 18.4 Å². The molecule has 2 atom stereocenters. The molecule has 142 valence electrons. The Morgan fingerprint density at radius 3 is 2.50 bits per heavy atom. The molecule has 3 amide bonds. The van der Waals surface area contributed by atoms with Gasteiger partial charge in [-0.05, 0) is 37.8 Å². The molecule has 1 aromatic rings. The minimum atomic E-state index is -0.836. The third kappa shape index (κ3) is 3.09. The van der Waals surface area contributed by atoms with Crippen LogP contribution in [0, 0.1) is 23.5 Å². The zero-order valence-electron chi connectivity index (χ0n) is 15.4. The molecule has 0 aromatic heterocycles. The first-order valence-corrected chi connectivity index (χ1v) is 9.02. The molecule has 1 spiro atoms. The Bertz CT molecular complexity index is 715. The van der Waals surface area contributed by atoms with Gasteiger partial charge in [0.05, 0.1) is 6.67 Å². The first-order valence-electron chi connectivity index (χ1n) is 9.02. The van der Waals surface area contributed by atoms with Gasteiger partial charge in [0, 0.05) is 18.2 Å². The predicted molar refractivity (Wildman–Crippen MR) is 93.0 cm³/mol. The molecule has 0 radical (unpaired) electrons. The van der Waals surface area contributed by atoms with Crippen molar-refractivity contribution in [3.05, 3.63) is 35.4 Å². The molecule has 1 aliphatic carbocycles. The monoisotopic (exact) mass is 365 g/mol. The van der Waals surface area contributed by atoms with E-state index in [-0.39, 0.29) is 31.0 Å². The highest BCUT2D eigenvalue weighted by atomic mass is 19.1. The van der Waals surface area contributed by atoms with E-state index >= 15 is 0 Å². The number of carbonyl (C=O) groups is 2. The summed E-state index contributed by atoms with van der Waals surface area (Å²) in [6, 6.07) is 3.00. The predicted octanol–water partition coefficient (Wildman–Crippen LogP) is 3.10. The lowest BCUT2D eigenvalue weighted by molar-refractivity contribution is -0.137. The number of imide groups is 1. The second-order valence-electron chi connectivity index (χ2n) is 7.66. The van der Waals surface area contributed by atoms with Gasteiger partial charge in [0.2, 0.25) is 0 Å². The average molecular weight is 365 g/mol. The van der Waals surface area contributed by atoms with Crippen LogP contribution >= 0.6 is 0 Å². The first kappa shape index (κ1) is 18.8. The molecule has 3 rings (SSSR count). The third-order valence-electron chi connectivity index (χ3n) is 5.83. The third-order valence-corrected chi connectivity index (χ3v) is 5.83. The Kier molecular flexibility index (Phi) is 5.01. The van der Waals surface area contributed by atoms with Crippen LogP contribution in [0.15, 0.2) is 18.2 Å². The van der Waals surface area contributed by atoms with Gasteiger partial charge < -0.3 is 5.32 Å². The Hall–Kier alpha value is -2.02. The van der Waals surface area contributed by atoms with Gasteiger partial charge in [-0.15, -0.1) is 0 Å². The van der Waals surface area contributed by atoms with Crippen LogP contribution in [-0.4, -0.2) is 41.0 Å². The van der Waals surface area contributed by atoms with E-state index in [9.17, 15) is 18.4 Å². The number of halogens is 2. The van der Waals surface area contributed by atoms with E-state index in [0.717, 1.165) is 25.3 Å². The van der Waals surface area contributed by atoms with Crippen LogP contribution in [0.4, 0.5) is 13.6 Å². The fraction of sp³-hybridized carbons (Fsp3) is 0.579. The number of carbonyl (C=O) groups excluding carboxylic acids is 2. The molecule has 1 N–H and O–H groups in total. The van der Waals surface area contributed by atoms with Gasteiger partial charge in [-0.1, -0.05) is 26.3 Å². The van der Waals surface area contributed by atoms with Crippen LogP contribution in [0.25, 0.3) is 0 Å². The maximum atomic E-state index is 13.8. The minimum Gasteiger partial charge on any atom is -0.323 e. The van der Waals surface area contributed by atoms with Gasteiger partial charge in [-0.3, -0.25) is 9.69 Å². The summed E-state index contributed by atoms with van der Waals surface area (Å²) in [5.41, 5.74) is -0.521. The normalized spacial score (nSPS) is 28.9. The van der Waals surface area contributed by atoms with E-state index in [1.165, 1.54) is 17.0 Å². The Morgan fingerprint density at radius 2 is 1.88 bits per heavy atom. The molecule has 2 aliphatic rings. The number of urea groups is 1. The average Bonchev–Trinajstić information content (AvgIpc) is 2.81. The summed E-state index contributed by atoms with van der Waals surface area (Å²) in [5, 5.41) is 2.94. The van der Waals surface area contributed by atoms with Crippen molar-refractivity contribution in [3.8, 4) is 0 Å². The number of hydrogen-bond acceptors (Lipinski definition) is 3. The molecule has 1 heterocycles. The van der Waals surface area contributed by atoms with E-state index in [1.807, 2.05) is 13.8 Å². The van der Waals surface area contributed by atoms with Gasteiger partial charge in [0.1, 0.15) is 17.2 Å². The Labute approximate surface area is 152 Å². The molecule has 2 fully saturated rings. The molecule has 1 saturated heterocycles. The molecule has 1 aromatic carbocycles.